The lowest BCUT2D eigenvalue weighted by molar-refractivity contribution is -0.192. The highest BCUT2D eigenvalue weighted by Crippen LogP contribution is 2.33. The molecule has 0 saturated carbocycles. The zero-order valence-corrected chi connectivity index (χ0v) is 14.9. The first-order valence-electron chi connectivity index (χ1n) is 7.75. The molecule has 11 heteroatoms. The van der Waals surface area contributed by atoms with Crippen molar-refractivity contribution in [3.05, 3.63) is 35.9 Å². The van der Waals surface area contributed by atoms with Gasteiger partial charge in [0, 0.05) is 24.1 Å². The van der Waals surface area contributed by atoms with Crippen LogP contribution in [0.5, 0.6) is 0 Å². The molecular weight excluding hydrogens is 389 g/mol. The first-order valence-corrected chi connectivity index (χ1v) is 8.80. The summed E-state index contributed by atoms with van der Waals surface area (Å²) in [5.74, 6) is -3.23. The molecule has 2 rings (SSSR count). The van der Waals surface area contributed by atoms with Crippen molar-refractivity contribution < 1.29 is 37.8 Å². The lowest BCUT2D eigenvalue weighted by Crippen LogP contribution is -2.48. The Morgan fingerprint density at radius 3 is 2.26 bits per heavy atom. The number of hydrogen-bond acceptors (Lipinski definition) is 5. The van der Waals surface area contributed by atoms with E-state index in [1.165, 1.54) is 5.56 Å². The molecule has 4 N–H and O–H groups in total. The molecular formula is C16H19F3N2O5S. The standard InChI is InChI=1S/C14H18N2O3S.C2HF3O2/c15-11(8-13(17)18)14(19)16-6-7-20-12(9-16)10-4-2-1-3-5-10;3-2(4,5)1(6)7/h1-5,11-12H,6-9,15H2,(H,17,18);(H,6,7)/t11-,12?;/m0./s1. The Labute approximate surface area is 157 Å². The van der Waals surface area contributed by atoms with Crippen molar-refractivity contribution >= 4 is 29.6 Å². The third kappa shape index (κ3) is 7.87. The summed E-state index contributed by atoms with van der Waals surface area (Å²) in [5, 5.41) is 16.1. The highest BCUT2D eigenvalue weighted by Gasteiger charge is 2.38. The number of carbonyl (C=O) groups excluding carboxylic acids is 1. The molecule has 1 heterocycles. The minimum Gasteiger partial charge on any atom is -0.481 e. The summed E-state index contributed by atoms with van der Waals surface area (Å²) in [5.41, 5.74) is 6.84. The Morgan fingerprint density at radius 1 is 1.22 bits per heavy atom. The quantitative estimate of drug-likeness (QED) is 0.694. The summed E-state index contributed by atoms with van der Waals surface area (Å²) < 4.78 is 31.7. The second-order valence-corrected chi connectivity index (χ2v) is 6.87. The van der Waals surface area contributed by atoms with Crippen LogP contribution in [0.25, 0.3) is 0 Å². The number of carboxylic acid groups (broad SMARTS) is 2. The first kappa shape index (κ1) is 22.8. The maximum atomic E-state index is 12.1. The van der Waals surface area contributed by atoms with Crippen LogP contribution in [0.4, 0.5) is 13.2 Å². The number of aliphatic carboxylic acids is 2. The van der Waals surface area contributed by atoms with Crippen molar-refractivity contribution in [1.82, 2.24) is 4.90 Å². The van der Waals surface area contributed by atoms with Crippen LogP contribution in [0.2, 0.25) is 0 Å². The second kappa shape index (κ2) is 10.2. The minimum absolute atomic E-state index is 0.228. The Bertz CT molecular complexity index is 657. The van der Waals surface area contributed by atoms with Gasteiger partial charge in [-0.2, -0.15) is 24.9 Å². The predicted octanol–water partition coefficient (Wildman–Crippen LogP) is 1.74. The molecule has 0 aliphatic carbocycles. The largest absolute Gasteiger partial charge is 0.490 e. The van der Waals surface area contributed by atoms with Gasteiger partial charge in [-0.25, -0.2) is 4.79 Å². The summed E-state index contributed by atoms with van der Waals surface area (Å²) in [6, 6.07) is 9.06. The van der Waals surface area contributed by atoms with E-state index in [2.05, 4.69) is 0 Å². The van der Waals surface area contributed by atoms with Crippen LogP contribution in [0.15, 0.2) is 30.3 Å². The Hall–Kier alpha value is -2.27. The second-order valence-electron chi connectivity index (χ2n) is 5.56. The van der Waals surface area contributed by atoms with Crippen LogP contribution < -0.4 is 5.73 Å². The third-order valence-corrected chi connectivity index (χ3v) is 4.75. The highest BCUT2D eigenvalue weighted by molar-refractivity contribution is 7.99. The average molecular weight is 408 g/mol. The van der Waals surface area contributed by atoms with Gasteiger partial charge in [0.1, 0.15) is 0 Å². The molecule has 150 valence electrons. The van der Waals surface area contributed by atoms with Gasteiger partial charge < -0.3 is 20.8 Å². The van der Waals surface area contributed by atoms with E-state index in [1.807, 2.05) is 42.1 Å². The number of nitrogens with two attached hydrogens (primary N) is 1. The molecule has 1 unspecified atom stereocenters. The van der Waals surface area contributed by atoms with Crippen molar-refractivity contribution in [3.8, 4) is 0 Å². The van der Waals surface area contributed by atoms with Crippen LogP contribution in [0.3, 0.4) is 0 Å². The fraction of sp³-hybridized carbons (Fsp3) is 0.438. The number of alkyl halides is 3. The van der Waals surface area contributed by atoms with Gasteiger partial charge in [-0.15, -0.1) is 0 Å². The zero-order valence-electron chi connectivity index (χ0n) is 14.1. The van der Waals surface area contributed by atoms with Crippen molar-refractivity contribution in [2.24, 2.45) is 5.73 Å². The van der Waals surface area contributed by atoms with Crippen LogP contribution in [-0.4, -0.2) is 64.0 Å². The van der Waals surface area contributed by atoms with Gasteiger partial charge in [-0.3, -0.25) is 9.59 Å². The minimum atomic E-state index is -5.08. The van der Waals surface area contributed by atoms with E-state index in [-0.39, 0.29) is 17.6 Å². The van der Waals surface area contributed by atoms with Crippen LogP contribution in [0, 0.1) is 0 Å². The lowest BCUT2D eigenvalue weighted by atomic mass is 10.1. The number of amides is 1. The van der Waals surface area contributed by atoms with E-state index in [0.29, 0.717) is 13.1 Å². The maximum Gasteiger partial charge on any atom is 0.490 e. The lowest BCUT2D eigenvalue weighted by Gasteiger charge is -2.34. The van der Waals surface area contributed by atoms with Crippen molar-refractivity contribution in [1.29, 1.82) is 0 Å². The SMILES string of the molecule is N[C@@H](CC(=O)O)C(=O)N1CCSC(c2ccccc2)C1.O=C(O)C(F)(F)F. The number of carbonyl (C=O) groups is 3. The molecule has 1 aliphatic heterocycles. The molecule has 1 aromatic rings. The van der Waals surface area contributed by atoms with Gasteiger partial charge in [-0.1, -0.05) is 30.3 Å². The number of hydrogen-bond donors (Lipinski definition) is 3. The normalized spacial score (nSPS) is 18.1. The van der Waals surface area contributed by atoms with Crippen molar-refractivity contribution in [2.45, 2.75) is 23.9 Å². The molecule has 27 heavy (non-hydrogen) atoms. The van der Waals surface area contributed by atoms with E-state index >= 15 is 0 Å². The molecule has 1 fully saturated rings. The van der Waals surface area contributed by atoms with E-state index in [9.17, 15) is 22.8 Å². The Morgan fingerprint density at radius 2 is 1.78 bits per heavy atom. The van der Waals surface area contributed by atoms with E-state index < -0.39 is 24.2 Å². The third-order valence-electron chi connectivity index (χ3n) is 3.50. The van der Waals surface area contributed by atoms with Gasteiger partial charge in [0.25, 0.3) is 0 Å². The van der Waals surface area contributed by atoms with Gasteiger partial charge in [0.2, 0.25) is 5.91 Å². The number of thioether (sulfide) groups is 1. The van der Waals surface area contributed by atoms with Crippen LogP contribution in [0.1, 0.15) is 17.2 Å². The summed E-state index contributed by atoms with van der Waals surface area (Å²) in [6.07, 6.45) is -5.40. The molecule has 2 atom stereocenters. The topological polar surface area (TPSA) is 121 Å². The number of rotatable bonds is 4. The molecule has 0 radical (unpaired) electrons. The van der Waals surface area contributed by atoms with E-state index in [0.717, 1.165) is 5.75 Å². The average Bonchev–Trinajstić information content (AvgIpc) is 2.61. The molecule has 7 nitrogen and oxygen atoms in total. The van der Waals surface area contributed by atoms with Gasteiger partial charge in [0.05, 0.1) is 12.5 Å². The van der Waals surface area contributed by atoms with Crippen LogP contribution in [-0.2, 0) is 14.4 Å². The molecule has 0 spiro atoms. The molecule has 0 bridgehead atoms. The number of carboxylic acids is 2. The zero-order chi connectivity index (χ0) is 20.6. The van der Waals surface area contributed by atoms with Gasteiger partial charge >= 0.3 is 18.1 Å². The first-order chi connectivity index (χ1) is 12.5. The van der Waals surface area contributed by atoms with E-state index in [4.69, 9.17) is 20.7 Å². The fourth-order valence-corrected chi connectivity index (χ4v) is 3.47. The summed E-state index contributed by atoms with van der Waals surface area (Å²) in [7, 11) is 0. The molecule has 1 amide bonds. The monoisotopic (exact) mass is 408 g/mol. The molecule has 0 aromatic heterocycles. The number of nitrogens with zero attached hydrogens (tertiary/aromatic N) is 1. The predicted molar refractivity (Wildman–Crippen MR) is 92.1 cm³/mol. The van der Waals surface area contributed by atoms with Gasteiger partial charge in [0.15, 0.2) is 0 Å². The smallest absolute Gasteiger partial charge is 0.481 e. The fourth-order valence-electron chi connectivity index (χ4n) is 2.23. The van der Waals surface area contributed by atoms with Gasteiger partial charge in [-0.05, 0) is 5.56 Å². The molecule has 1 aromatic carbocycles. The number of benzene rings is 1. The Kier molecular flexibility index (Phi) is 8.57. The molecule has 1 saturated heterocycles. The summed E-state index contributed by atoms with van der Waals surface area (Å²) in [6.45, 7) is 1.21. The van der Waals surface area contributed by atoms with Crippen molar-refractivity contribution in [2.75, 3.05) is 18.8 Å². The highest BCUT2D eigenvalue weighted by atomic mass is 32.2. The maximum absolute atomic E-state index is 12.1. The van der Waals surface area contributed by atoms with Crippen molar-refractivity contribution in [3.63, 3.8) is 0 Å². The number of halogens is 3. The van der Waals surface area contributed by atoms with Crippen LogP contribution >= 0.6 is 11.8 Å². The molecule has 1 aliphatic rings. The summed E-state index contributed by atoms with van der Waals surface area (Å²) >= 11 is 1.81. The summed E-state index contributed by atoms with van der Waals surface area (Å²) in [4.78, 5) is 33.3. The Balaban J connectivity index is 0.000000445. The van der Waals surface area contributed by atoms with E-state index in [1.54, 1.807) is 4.90 Å².